The molecule has 2 heterocycles. The SMILES string of the molecule is CC(=N)[N+](=CC1CC2CCC(C1)N2CCC(CNSc1ccccc1)c1ccccc1)C(=N)C(C)C. The van der Waals surface area contributed by atoms with Crippen LogP contribution in [0.4, 0.5) is 0 Å². The van der Waals surface area contributed by atoms with E-state index in [4.69, 9.17) is 10.8 Å². The third-order valence-corrected chi connectivity index (χ3v) is 8.54. The van der Waals surface area contributed by atoms with Crippen molar-refractivity contribution in [1.82, 2.24) is 9.62 Å². The van der Waals surface area contributed by atoms with Gasteiger partial charge in [-0.15, -0.1) is 0 Å². The van der Waals surface area contributed by atoms with Crippen molar-refractivity contribution in [1.29, 1.82) is 10.8 Å². The molecule has 4 rings (SSSR count). The number of amidine groups is 2. The molecule has 6 heteroatoms. The highest BCUT2D eigenvalue weighted by Gasteiger charge is 2.40. The quantitative estimate of drug-likeness (QED) is 0.151. The highest BCUT2D eigenvalue weighted by atomic mass is 32.2. The Labute approximate surface area is 221 Å². The zero-order chi connectivity index (χ0) is 25.5. The molecule has 0 radical (unpaired) electrons. The van der Waals surface area contributed by atoms with Crippen LogP contribution in [0.1, 0.15) is 64.4 Å². The summed E-state index contributed by atoms with van der Waals surface area (Å²) in [5.74, 6) is 2.04. The van der Waals surface area contributed by atoms with Gasteiger partial charge in [-0.25, -0.2) is 4.58 Å². The van der Waals surface area contributed by atoms with Gasteiger partial charge in [-0.2, -0.15) is 10.8 Å². The lowest BCUT2D eigenvalue weighted by molar-refractivity contribution is -0.279. The molecule has 2 bridgehead atoms. The fourth-order valence-electron chi connectivity index (χ4n) is 5.80. The summed E-state index contributed by atoms with van der Waals surface area (Å²) in [5, 5.41) is 16.6. The number of rotatable bonds is 10. The summed E-state index contributed by atoms with van der Waals surface area (Å²) >= 11 is 1.72. The van der Waals surface area contributed by atoms with Crippen LogP contribution >= 0.6 is 11.9 Å². The average molecular weight is 505 g/mol. The highest BCUT2D eigenvalue weighted by Crippen LogP contribution is 2.39. The minimum atomic E-state index is 0.127. The first-order valence-electron chi connectivity index (χ1n) is 13.5. The molecule has 3 atom stereocenters. The predicted molar refractivity (Wildman–Crippen MR) is 153 cm³/mol. The summed E-state index contributed by atoms with van der Waals surface area (Å²) in [4.78, 5) is 4.03. The zero-order valence-corrected chi connectivity index (χ0v) is 22.8. The lowest BCUT2D eigenvalue weighted by Crippen LogP contribution is -2.45. The smallest absolute Gasteiger partial charge is 0.236 e. The minimum absolute atomic E-state index is 0.127. The Bertz CT molecular complexity index is 1020. The van der Waals surface area contributed by atoms with Crippen LogP contribution in [0.2, 0.25) is 0 Å². The predicted octanol–water partition coefficient (Wildman–Crippen LogP) is 6.41. The molecule has 0 aliphatic carbocycles. The maximum atomic E-state index is 8.45. The Morgan fingerprint density at radius 3 is 2.22 bits per heavy atom. The topological polar surface area (TPSA) is 66.0 Å². The van der Waals surface area contributed by atoms with E-state index in [1.54, 1.807) is 18.9 Å². The van der Waals surface area contributed by atoms with Crippen LogP contribution in [-0.4, -0.2) is 52.5 Å². The molecule has 2 saturated heterocycles. The van der Waals surface area contributed by atoms with Crippen LogP contribution in [0.5, 0.6) is 0 Å². The van der Waals surface area contributed by atoms with Crippen LogP contribution in [-0.2, 0) is 0 Å². The van der Waals surface area contributed by atoms with Crippen LogP contribution < -0.4 is 4.72 Å². The van der Waals surface area contributed by atoms with E-state index in [0.29, 0.717) is 35.6 Å². The molecule has 0 aromatic heterocycles. The molecular weight excluding hydrogens is 462 g/mol. The van der Waals surface area contributed by atoms with Gasteiger partial charge in [-0.05, 0) is 74.2 Å². The van der Waals surface area contributed by atoms with E-state index in [1.165, 1.54) is 23.3 Å². The minimum Gasteiger partial charge on any atom is -0.297 e. The molecule has 2 aliphatic heterocycles. The summed E-state index contributed by atoms with van der Waals surface area (Å²) in [7, 11) is 0. The van der Waals surface area contributed by atoms with Crippen molar-refractivity contribution < 1.29 is 4.58 Å². The second kappa shape index (κ2) is 12.8. The summed E-state index contributed by atoms with van der Waals surface area (Å²) < 4.78 is 5.46. The second-order valence-corrected chi connectivity index (χ2v) is 11.6. The third-order valence-electron chi connectivity index (χ3n) is 7.72. The van der Waals surface area contributed by atoms with E-state index < -0.39 is 0 Å². The van der Waals surface area contributed by atoms with Gasteiger partial charge in [0.2, 0.25) is 11.7 Å². The first-order chi connectivity index (χ1) is 17.4. The van der Waals surface area contributed by atoms with Crippen molar-refractivity contribution in [3.05, 3.63) is 66.2 Å². The Kier molecular flexibility index (Phi) is 9.52. The van der Waals surface area contributed by atoms with Gasteiger partial charge in [0.05, 0.1) is 6.21 Å². The van der Waals surface area contributed by atoms with E-state index >= 15 is 0 Å². The zero-order valence-electron chi connectivity index (χ0n) is 22.0. The number of hydrogen-bond donors (Lipinski definition) is 3. The highest BCUT2D eigenvalue weighted by molar-refractivity contribution is 7.97. The van der Waals surface area contributed by atoms with Gasteiger partial charge in [0.1, 0.15) is 0 Å². The Morgan fingerprint density at radius 2 is 1.64 bits per heavy atom. The number of benzene rings is 2. The van der Waals surface area contributed by atoms with Crippen LogP contribution in [0.25, 0.3) is 0 Å². The van der Waals surface area contributed by atoms with Gasteiger partial charge in [0, 0.05) is 42.3 Å². The van der Waals surface area contributed by atoms with Gasteiger partial charge in [0.25, 0.3) is 0 Å². The number of nitrogens with zero attached hydrogens (tertiary/aromatic N) is 2. The summed E-state index contributed by atoms with van der Waals surface area (Å²) in [6.45, 7) is 7.96. The Morgan fingerprint density at radius 1 is 1.03 bits per heavy atom. The molecular formula is C30H42N5S+. The van der Waals surface area contributed by atoms with Crippen molar-refractivity contribution in [3.8, 4) is 0 Å². The molecule has 0 spiro atoms. The summed E-state index contributed by atoms with van der Waals surface area (Å²) in [6.07, 6.45) is 8.17. The van der Waals surface area contributed by atoms with E-state index in [2.05, 4.69) is 76.5 Å². The first-order valence-corrected chi connectivity index (χ1v) is 14.3. The third kappa shape index (κ3) is 6.93. The molecule has 3 N–H and O–H groups in total. The Hall–Kier alpha value is -2.28. The van der Waals surface area contributed by atoms with Crippen molar-refractivity contribution in [2.45, 2.75) is 75.8 Å². The fraction of sp³-hybridized carbons (Fsp3) is 0.500. The molecule has 0 amide bonds. The van der Waals surface area contributed by atoms with Gasteiger partial charge < -0.3 is 0 Å². The van der Waals surface area contributed by atoms with E-state index in [-0.39, 0.29) is 5.92 Å². The molecule has 192 valence electrons. The lowest BCUT2D eigenvalue weighted by Gasteiger charge is -2.38. The summed E-state index contributed by atoms with van der Waals surface area (Å²) in [6, 6.07) is 22.7. The normalized spacial score (nSPS) is 23.1. The fourth-order valence-corrected chi connectivity index (χ4v) is 6.54. The number of hydrogen-bond acceptors (Lipinski definition) is 5. The molecule has 3 unspecified atom stereocenters. The van der Waals surface area contributed by atoms with Crippen molar-refractivity contribution in [2.75, 3.05) is 13.1 Å². The van der Waals surface area contributed by atoms with Crippen molar-refractivity contribution in [3.63, 3.8) is 0 Å². The lowest BCUT2D eigenvalue weighted by atomic mass is 9.90. The van der Waals surface area contributed by atoms with E-state index in [0.717, 1.165) is 32.4 Å². The molecule has 5 nitrogen and oxygen atoms in total. The average Bonchev–Trinajstić information content (AvgIpc) is 3.12. The van der Waals surface area contributed by atoms with Gasteiger partial charge in [-0.1, -0.05) is 62.4 Å². The van der Waals surface area contributed by atoms with Crippen molar-refractivity contribution in [2.24, 2.45) is 11.8 Å². The Balaban J connectivity index is 1.37. The molecule has 0 saturated carbocycles. The number of nitrogens with one attached hydrogen (secondary N) is 3. The first kappa shape index (κ1) is 26.8. The van der Waals surface area contributed by atoms with Crippen LogP contribution in [0.3, 0.4) is 0 Å². The number of piperidine rings is 1. The van der Waals surface area contributed by atoms with Crippen LogP contribution in [0, 0.1) is 22.7 Å². The molecule has 2 aliphatic rings. The van der Waals surface area contributed by atoms with E-state index in [9.17, 15) is 0 Å². The monoisotopic (exact) mass is 504 g/mol. The second-order valence-electron chi connectivity index (χ2n) is 10.7. The molecule has 2 aromatic carbocycles. The molecule has 36 heavy (non-hydrogen) atoms. The standard InChI is InChI=1S/C30H42N5S/c1-22(2)30(32)35(23(3)31)21-24-18-27-14-15-28(19-24)34(27)17-16-26(25-10-6-4-7-11-25)20-33-36-29-12-8-5-9-13-29/h4-13,21-22,24,26-28,31-33H,14-20H2,1-3H3/q+1. The maximum absolute atomic E-state index is 8.45. The summed E-state index contributed by atoms with van der Waals surface area (Å²) in [5.41, 5.74) is 1.42. The van der Waals surface area contributed by atoms with Crippen LogP contribution in [0.15, 0.2) is 65.6 Å². The van der Waals surface area contributed by atoms with Gasteiger partial charge in [0.15, 0.2) is 0 Å². The largest absolute Gasteiger partial charge is 0.297 e. The molecule has 2 fully saturated rings. The molecule has 2 aromatic rings. The van der Waals surface area contributed by atoms with Crippen molar-refractivity contribution >= 4 is 29.8 Å². The van der Waals surface area contributed by atoms with Gasteiger partial charge in [-0.3, -0.25) is 9.62 Å². The van der Waals surface area contributed by atoms with E-state index in [1.807, 2.05) is 18.4 Å². The maximum Gasteiger partial charge on any atom is 0.236 e. The number of fused-ring (bicyclic) bond motifs is 2. The van der Waals surface area contributed by atoms with Gasteiger partial charge >= 0.3 is 0 Å².